The van der Waals surface area contributed by atoms with Gasteiger partial charge in [-0.1, -0.05) is 30.5 Å². The maximum atomic E-state index is 5.80. The molecule has 0 spiro atoms. The molecule has 0 atom stereocenters. The van der Waals surface area contributed by atoms with Gasteiger partial charge in [0.2, 0.25) is 0 Å². The molecule has 0 saturated carbocycles. The van der Waals surface area contributed by atoms with Crippen LogP contribution in [0.15, 0.2) is 23.3 Å². The van der Waals surface area contributed by atoms with E-state index < -0.39 is 0 Å². The number of nitrogens with one attached hydrogen (secondary N) is 2. The monoisotopic (exact) mass is 365 g/mol. The van der Waals surface area contributed by atoms with Crippen molar-refractivity contribution < 1.29 is 0 Å². The summed E-state index contributed by atoms with van der Waals surface area (Å²) in [5, 5.41) is 7.27. The number of aromatic nitrogens is 1. The summed E-state index contributed by atoms with van der Waals surface area (Å²) in [6, 6.07) is 3.84. The van der Waals surface area contributed by atoms with E-state index in [2.05, 4.69) is 25.5 Å². The van der Waals surface area contributed by atoms with Crippen LogP contribution in [0, 0.1) is 0 Å². The standard InChI is InChI=1S/C19H32ClN5/c1-21-19(23-12-10-17-8-9-18(20)24-16-17)22-11-4-2-5-13-25-14-6-3-7-15-25/h8-9,16H,2-7,10-15H2,1H3,(H2,21,22,23). The van der Waals surface area contributed by atoms with E-state index >= 15 is 0 Å². The van der Waals surface area contributed by atoms with Crippen LogP contribution in [0.4, 0.5) is 0 Å². The molecular formula is C19H32ClN5. The lowest BCUT2D eigenvalue weighted by Gasteiger charge is -2.26. The molecule has 5 nitrogen and oxygen atoms in total. The average Bonchev–Trinajstić information content (AvgIpc) is 2.65. The molecule has 6 heteroatoms. The highest BCUT2D eigenvalue weighted by Crippen LogP contribution is 2.09. The topological polar surface area (TPSA) is 52.6 Å². The fraction of sp³-hybridized carbons (Fsp3) is 0.684. The van der Waals surface area contributed by atoms with Crippen molar-refractivity contribution in [3.8, 4) is 0 Å². The second-order valence-electron chi connectivity index (χ2n) is 6.63. The number of piperidine rings is 1. The molecule has 1 aliphatic heterocycles. The first-order valence-corrected chi connectivity index (χ1v) is 9.93. The molecule has 1 fully saturated rings. The maximum absolute atomic E-state index is 5.80. The summed E-state index contributed by atoms with van der Waals surface area (Å²) in [6.07, 6.45) is 10.7. The molecule has 0 amide bonds. The van der Waals surface area contributed by atoms with Crippen LogP contribution in [0.1, 0.15) is 44.1 Å². The van der Waals surface area contributed by atoms with Crippen molar-refractivity contribution in [3.63, 3.8) is 0 Å². The van der Waals surface area contributed by atoms with E-state index in [0.29, 0.717) is 5.15 Å². The molecule has 25 heavy (non-hydrogen) atoms. The van der Waals surface area contributed by atoms with E-state index in [0.717, 1.165) is 25.5 Å². The van der Waals surface area contributed by atoms with Crippen molar-refractivity contribution in [2.24, 2.45) is 4.99 Å². The highest BCUT2D eigenvalue weighted by atomic mass is 35.5. The summed E-state index contributed by atoms with van der Waals surface area (Å²) in [5.74, 6) is 0.873. The van der Waals surface area contributed by atoms with Gasteiger partial charge in [0.1, 0.15) is 5.15 Å². The van der Waals surface area contributed by atoms with E-state index in [9.17, 15) is 0 Å². The number of likely N-dealkylation sites (tertiary alicyclic amines) is 1. The van der Waals surface area contributed by atoms with Crippen LogP contribution < -0.4 is 10.6 Å². The van der Waals surface area contributed by atoms with Crippen molar-refractivity contribution in [1.29, 1.82) is 0 Å². The van der Waals surface area contributed by atoms with Crippen LogP contribution in [0.3, 0.4) is 0 Å². The lowest BCUT2D eigenvalue weighted by molar-refractivity contribution is 0.224. The van der Waals surface area contributed by atoms with Crippen LogP contribution in [0.5, 0.6) is 0 Å². The Morgan fingerprint density at radius 1 is 1.12 bits per heavy atom. The third-order valence-electron chi connectivity index (χ3n) is 4.61. The van der Waals surface area contributed by atoms with Crippen molar-refractivity contribution >= 4 is 17.6 Å². The highest BCUT2D eigenvalue weighted by molar-refractivity contribution is 6.29. The van der Waals surface area contributed by atoms with Crippen molar-refractivity contribution in [1.82, 2.24) is 20.5 Å². The summed E-state index contributed by atoms with van der Waals surface area (Å²) in [6.45, 7) is 5.68. The second-order valence-corrected chi connectivity index (χ2v) is 7.02. The molecule has 0 radical (unpaired) electrons. The minimum Gasteiger partial charge on any atom is -0.356 e. The molecule has 0 bridgehead atoms. The van der Waals surface area contributed by atoms with Gasteiger partial charge in [-0.15, -0.1) is 0 Å². The Kier molecular flexibility index (Phi) is 9.67. The van der Waals surface area contributed by atoms with E-state index in [1.54, 1.807) is 0 Å². The van der Waals surface area contributed by atoms with Gasteiger partial charge in [0.25, 0.3) is 0 Å². The molecule has 2 heterocycles. The van der Waals surface area contributed by atoms with Crippen molar-refractivity contribution in [2.75, 3.05) is 39.8 Å². The Bertz CT molecular complexity index is 497. The van der Waals surface area contributed by atoms with Gasteiger partial charge in [-0.25, -0.2) is 4.98 Å². The minimum absolute atomic E-state index is 0.537. The Hall–Kier alpha value is -1.33. The van der Waals surface area contributed by atoms with Gasteiger partial charge in [-0.05, 0) is 63.4 Å². The average molecular weight is 366 g/mol. The van der Waals surface area contributed by atoms with Gasteiger partial charge in [0.15, 0.2) is 5.96 Å². The molecule has 0 unspecified atom stereocenters. The number of hydrogen-bond donors (Lipinski definition) is 2. The summed E-state index contributed by atoms with van der Waals surface area (Å²) in [4.78, 5) is 11.0. The Labute approximate surface area is 157 Å². The SMILES string of the molecule is CN=C(NCCCCCN1CCCCC1)NCCc1ccc(Cl)nc1. The van der Waals surface area contributed by atoms with Crippen molar-refractivity contribution in [2.45, 2.75) is 44.9 Å². The summed E-state index contributed by atoms with van der Waals surface area (Å²) < 4.78 is 0. The first-order chi connectivity index (χ1) is 12.3. The van der Waals surface area contributed by atoms with Crippen LogP contribution in [-0.2, 0) is 6.42 Å². The third kappa shape index (κ3) is 8.54. The molecule has 1 aromatic rings. The van der Waals surface area contributed by atoms with E-state index in [4.69, 9.17) is 11.6 Å². The first-order valence-electron chi connectivity index (χ1n) is 9.55. The zero-order chi connectivity index (χ0) is 17.7. The molecule has 1 aromatic heterocycles. The minimum atomic E-state index is 0.537. The Balaban J connectivity index is 1.49. The van der Waals surface area contributed by atoms with Gasteiger partial charge < -0.3 is 15.5 Å². The van der Waals surface area contributed by atoms with Crippen LogP contribution >= 0.6 is 11.6 Å². The van der Waals surface area contributed by atoms with Gasteiger partial charge >= 0.3 is 0 Å². The summed E-state index contributed by atoms with van der Waals surface area (Å²) in [5.41, 5.74) is 1.17. The number of hydrogen-bond acceptors (Lipinski definition) is 3. The quantitative estimate of drug-likeness (QED) is 0.305. The summed E-state index contributed by atoms with van der Waals surface area (Å²) in [7, 11) is 1.82. The molecular weight excluding hydrogens is 334 g/mol. The maximum Gasteiger partial charge on any atom is 0.190 e. The zero-order valence-corrected chi connectivity index (χ0v) is 16.2. The predicted molar refractivity (Wildman–Crippen MR) is 106 cm³/mol. The molecule has 1 saturated heterocycles. The normalized spacial score (nSPS) is 16.0. The summed E-state index contributed by atoms with van der Waals surface area (Å²) >= 11 is 5.80. The predicted octanol–water partition coefficient (Wildman–Crippen LogP) is 3.10. The molecule has 0 aliphatic carbocycles. The lowest BCUT2D eigenvalue weighted by Crippen LogP contribution is -2.38. The van der Waals surface area contributed by atoms with Crippen LogP contribution in [0.25, 0.3) is 0 Å². The lowest BCUT2D eigenvalue weighted by atomic mass is 10.1. The van der Waals surface area contributed by atoms with E-state index in [1.165, 1.54) is 63.7 Å². The molecule has 1 aliphatic rings. The van der Waals surface area contributed by atoms with Gasteiger partial charge in [0, 0.05) is 26.3 Å². The third-order valence-corrected chi connectivity index (χ3v) is 4.83. The zero-order valence-electron chi connectivity index (χ0n) is 15.4. The first kappa shape index (κ1) is 20.0. The number of unbranched alkanes of at least 4 members (excludes halogenated alkanes) is 2. The number of halogens is 1. The number of rotatable bonds is 9. The molecule has 140 valence electrons. The van der Waals surface area contributed by atoms with Gasteiger partial charge in [0.05, 0.1) is 0 Å². The van der Waals surface area contributed by atoms with Crippen molar-refractivity contribution in [3.05, 3.63) is 29.0 Å². The number of pyridine rings is 1. The van der Waals surface area contributed by atoms with E-state index in [1.807, 2.05) is 25.4 Å². The van der Waals surface area contributed by atoms with Gasteiger partial charge in [-0.2, -0.15) is 0 Å². The molecule has 0 aromatic carbocycles. The van der Waals surface area contributed by atoms with E-state index in [-0.39, 0.29) is 0 Å². The fourth-order valence-corrected chi connectivity index (χ4v) is 3.24. The van der Waals surface area contributed by atoms with Gasteiger partial charge in [-0.3, -0.25) is 4.99 Å². The smallest absolute Gasteiger partial charge is 0.190 e. The molecule has 2 N–H and O–H groups in total. The van der Waals surface area contributed by atoms with Crippen LogP contribution in [0.2, 0.25) is 5.15 Å². The molecule has 2 rings (SSSR count). The number of aliphatic imine (C=N–C) groups is 1. The number of nitrogens with zero attached hydrogens (tertiary/aromatic N) is 3. The second kappa shape index (κ2) is 12.1. The Morgan fingerprint density at radius 3 is 2.64 bits per heavy atom. The van der Waals surface area contributed by atoms with Crippen LogP contribution in [-0.4, -0.2) is 55.6 Å². The fourth-order valence-electron chi connectivity index (χ4n) is 3.13. The Morgan fingerprint density at radius 2 is 1.92 bits per heavy atom. The largest absolute Gasteiger partial charge is 0.356 e. The number of guanidine groups is 1. The highest BCUT2D eigenvalue weighted by Gasteiger charge is 2.08.